The summed E-state index contributed by atoms with van der Waals surface area (Å²) in [5, 5.41) is 11.6. The molecule has 0 aliphatic carbocycles. The van der Waals surface area contributed by atoms with Crippen LogP contribution in [0.5, 0.6) is 0 Å². The number of aliphatic hydroxyl groups excluding tert-OH is 1. The highest BCUT2D eigenvalue weighted by Gasteiger charge is 2.21. The Labute approximate surface area is 126 Å². The molecule has 0 amide bonds. The van der Waals surface area contributed by atoms with Crippen molar-refractivity contribution in [2.75, 3.05) is 26.2 Å². The second-order valence-electron chi connectivity index (χ2n) is 6.09. The number of rotatable bonds is 6. The fourth-order valence-electron chi connectivity index (χ4n) is 3.41. The molecule has 1 aromatic heterocycles. The average Bonchev–Trinajstić information content (AvgIpc) is 2.96. The molecule has 1 unspecified atom stereocenters. The summed E-state index contributed by atoms with van der Waals surface area (Å²) in [6.45, 7) is 3.85. The third kappa shape index (κ3) is 3.60. The van der Waals surface area contributed by atoms with Gasteiger partial charge in [-0.1, -0.05) is 24.3 Å². The number of fused-ring (bicyclic) bond motifs is 1. The molecule has 1 aromatic carbocycles. The molecule has 0 saturated carbocycles. The van der Waals surface area contributed by atoms with Crippen LogP contribution in [-0.2, 0) is 6.42 Å². The van der Waals surface area contributed by atoms with E-state index in [1.165, 1.54) is 35.7 Å². The Morgan fingerprint density at radius 3 is 3.05 bits per heavy atom. The fraction of sp³-hybridized carbons (Fsp3) is 0.500. The summed E-state index contributed by atoms with van der Waals surface area (Å²) >= 11 is 0. The van der Waals surface area contributed by atoms with Gasteiger partial charge in [0.1, 0.15) is 0 Å². The Bertz CT molecular complexity index is 579. The Kier molecular flexibility index (Phi) is 4.84. The predicted molar refractivity (Wildman–Crippen MR) is 86.3 cm³/mol. The molecular weight excluding hydrogens is 260 g/mol. The van der Waals surface area contributed by atoms with Gasteiger partial charge in [-0.25, -0.2) is 0 Å². The zero-order valence-corrected chi connectivity index (χ0v) is 12.5. The molecule has 0 bridgehead atoms. The van der Waals surface area contributed by atoms with Gasteiger partial charge in [0.2, 0.25) is 0 Å². The van der Waals surface area contributed by atoms with Crippen molar-refractivity contribution in [3.63, 3.8) is 0 Å². The van der Waals surface area contributed by atoms with Crippen molar-refractivity contribution in [2.45, 2.75) is 25.7 Å². The van der Waals surface area contributed by atoms with Crippen LogP contribution in [0.15, 0.2) is 36.7 Å². The Hall–Kier alpha value is -1.45. The van der Waals surface area contributed by atoms with Crippen LogP contribution in [0.25, 0.3) is 10.8 Å². The standard InChI is InChI=1S/C18H24N2O/c21-11-8-15-7-10-20(14-15)9-3-5-17-13-19-12-16-4-1-2-6-18(16)17/h1-2,4,6,12-13,15,21H,3,5,7-11,14H2. The predicted octanol–water partition coefficient (Wildman–Crippen LogP) is 2.87. The minimum Gasteiger partial charge on any atom is -0.396 e. The maximum absolute atomic E-state index is 9.01. The van der Waals surface area contributed by atoms with Crippen molar-refractivity contribution in [3.05, 3.63) is 42.2 Å². The zero-order chi connectivity index (χ0) is 14.5. The van der Waals surface area contributed by atoms with E-state index in [0.29, 0.717) is 12.5 Å². The summed E-state index contributed by atoms with van der Waals surface area (Å²) in [5.74, 6) is 0.703. The van der Waals surface area contributed by atoms with Crippen LogP contribution < -0.4 is 0 Å². The molecular formula is C18H24N2O. The summed E-state index contributed by atoms with van der Waals surface area (Å²) in [4.78, 5) is 6.90. The number of pyridine rings is 1. The number of benzene rings is 1. The van der Waals surface area contributed by atoms with Crippen LogP contribution >= 0.6 is 0 Å². The number of hydrogen-bond donors (Lipinski definition) is 1. The van der Waals surface area contributed by atoms with Gasteiger partial charge in [0.25, 0.3) is 0 Å². The molecule has 1 aliphatic rings. The third-order valence-corrected chi connectivity index (χ3v) is 4.58. The van der Waals surface area contributed by atoms with Gasteiger partial charge in [-0.05, 0) is 55.6 Å². The second kappa shape index (κ2) is 7.01. The number of hydrogen-bond acceptors (Lipinski definition) is 3. The van der Waals surface area contributed by atoms with E-state index >= 15 is 0 Å². The molecule has 3 nitrogen and oxygen atoms in total. The fourth-order valence-corrected chi connectivity index (χ4v) is 3.41. The smallest absolute Gasteiger partial charge is 0.0434 e. The third-order valence-electron chi connectivity index (χ3n) is 4.58. The van der Waals surface area contributed by atoms with Crippen LogP contribution in [0.1, 0.15) is 24.8 Å². The Morgan fingerprint density at radius 2 is 2.14 bits per heavy atom. The number of nitrogens with zero attached hydrogens (tertiary/aromatic N) is 2. The van der Waals surface area contributed by atoms with E-state index in [0.717, 1.165) is 25.9 Å². The summed E-state index contributed by atoms with van der Waals surface area (Å²) in [6.07, 6.45) is 8.44. The van der Waals surface area contributed by atoms with E-state index < -0.39 is 0 Å². The lowest BCUT2D eigenvalue weighted by Crippen LogP contribution is -2.22. The number of likely N-dealkylation sites (tertiary alicyclic amines) is 1. The lowest BCUT2D eigenvalue weighted by molar-refractivity contribution is 0.250. The highest BCUT2D eigenvalue weighted by atomic mass is 16.3. The summed E-state index contributed by atoms with van der Waals surface area (Å²) < 4.78 is 0. The van der Waals surface area contributed by atoms with Crippen LogP contribution in [0.2, 0.25) is 0 Å². The molecule has 1 aliphatic heterocycles. The number of aromatic nitrogens is 1. The van der Waals surface area contributed by atoms with Gasteiger partial charge in [0.05, 0.1) is 0 Å². The van der Waals surface area contributed by atoms with Crippen LogP contribution in [0.4, 0.5) is 0 Å². The van der Waals surface area contributed by atoms with E-state index in [1.54, 1.807) is 0 Å². The molecule has 1 fully saturated rings. The lowest BCUT2D eigenvalue weighted by atomic mass is 10.0. The maximum atomic E-state index is 9.01. The Morgan fingerprint density at radius 1 is 1.24 bits per heavy atom. The minimum atomic E-state index is 0.334. The van der Waals surface area contributed by atoms with Crippen molar-refractivity contribution in [1.82, 2.24) is 9.88 Å². The van der Waals surface area contributed by atoms with Crippen molar-refractivity contribution in [2.24, 2.45) is 5.92 Å². The number of aryl methyl sites for hydroxylation is 1. The quantitative estimate of drug-likeness (QED) is 0.886. The molecule has 21 heavy (non-hydrogen) atoms. The first-order chi connectivity index (χ1) is 10.4. The monoisotopic (exact) mass is 284 g/mol. The van der Waals surface area contributed by atoms with Crippen LogP contribution in [-0.4, -0.2) is 41.2 Å². The molecule has 1 atom stereocenters. The van der Waals surface area contributed by atoms with Crippen molar-refractivity contribution < 1.29 is 5.11 Å². The normalized spacial score (nSPS) is 19.4. The van der Waals surface area contributed by atoms with Crippen molar-refractivity contribution in [3.8, 4) is 0 Å². The van der Waals surface area contributed by atoms with E-state index in [-0.39, 0.29) is 0 Å². The first-order valence-corrected chi connectivity index (χ1v) is 8.01. The van der Waals surface area contributed by atoms with Gasteiger partial charge in [-0.3, -0.25) is 4.98 Å². The first kappa shape index (κ1) is 14.5. The Balaban J connectivity index is 1.53. The molecule has 1 N–H and O–H groups in total. The highest BCUT2D eigenvalue weighted by molar-refractivity contribution is 5.84. The van der Waals surface area contributed by atoms with Crippen LogP contribution in [0.3, 0.4) is 0 Å². The molecule has 3 heteroatoms. The van der Waals surface area contributed by atoms with Gasteiger partial charge in [0.15, 0.2) is 0 Å². The summed E-state index contributed by atoms with van der Waals surface area (Å²) in [6, 6.07) is 8.50. The molecule has 0 spiro atoms. The van der Waals surface area contributed by atoms with Gasteiger partial charge in [-0.15, -0.1) is 0 Å². The topological polar surface area (TPSA) is 36.4 Å². The van der Waals surface area contributed by atoms with Crippen LogP contribution in [0, 0.1) is 5.92 Å². The molecule has 2 aromatic rings. The van der Waals surface area contributed by atoms with E-state index in [2.05, 4.69) is 34.1 Å². The highest BCUT2D eigenvalue weighted by Crippen LogP contribution is 2.21. The van der Waals surface area contributed by atoms with Gasteiger partial charge >= 0.3 is 0 Å². The maximum Gasteiger partial charge on any atom is 0.0434 e. The minimum absolute atomic E-state index is 0.334. The van der Waals surface area contributed by atoms with Gasteiger partial charge in [-0.2, -0.15) is 0 Å². The molecule has 0 radical (unpaired) electrons. The second-order valence-corrected chi connectivity index (χ2v) is 6.09. The molecule has 1 saturated heterocycles. The molecule has 3 rings (SSSR count). The largest absolute Gasteiger partial charge is 0.396 e. The van der Waals surface area contributed by atoms with Crippen molar-refractivity contribution >= 4 is 10.8 Å². The number of aliphatic hydroxyl groups is 1. The summed E-state index contributed by atoms with van der Waals surface area (Å²) in [5.41, 5.74) is 1.36. The lowest BCUT2D eigenvalue weighted by Gasteiger charge is -2.16. The van der Waals surface area contributed by atoms with Gasteiger partial charge in [0, 0.05) is 30.9 Å². The SMILES string of the molecule is OCCC1CCN(CCCc2cncc3ccccc23)C1. The first-order valence-electron chi connectivity index (χ1n) is 8.01. The van der Waals surface area contributed by atoms with E-state index in [9.17, 15) is 0 Å². The van der Waals surface area contributed by atoms with E-state index in [4.69, 9.17) is 5.11 Å². The molecule has 112 valence electrons. The summed E-state index contributed by atoms with van der Waals surface area (Å²) in [7, 11) is 0. The zero-order valence-electron chi connectivity index (χ0n) is 12.5. The molecule has 2 heterocycles. The van der Waals surface area contributed by atoms with E-state index in [1.807, 2.05) is 12.4 Å². The van der Waals surface area contributed by atoms with Gasteiger partial charge < -0.3 is 10.0 Å². The van der Waals surface area contributed by atoms with Crippen molar-refractivity contribution in [1.29, 1.82) is 0 Å². The average molecular weight is 284 g/mol.